The van der Waals surface area contributed by atoms with Crippen molar-refractivity contribution in [2.24, 2.45) is 0 Å². The monoisotopic (exact) mass is 443 g/mol. The van der Waals surface area contributed by atoms with Crippen LogP contribution in [0.15, 0.2) is 42.5 Å². The van der Waals surface area contributed by atoms with Crippen LogP contribution in [0.4, 0.5) is 9.18 Å². The fourth-order valence-electron chi connectivity index (χ4n) is 3.77. The minimum absolute atomic E-state index is 0.0933. The zero-order valence-corrected chi connectivity index (χ0v) is 19.4. The van der Waals surface area contributed by atoms with Gasteiger partial charge < -0.3 is 24.6 Å². The highest BCUT2D eigenvalue weighted by atomic mass is 19.1. The fourth-order valence-corrected chi connectivity index (χ4v) is 3.77. The molecule has 1 aliphatic heterocycles. The van der Waals surface area contributed by atoms with Gasteiger partial charge in [0, 0.05) is 24.2 Å². The second-order valence-electron chi connectivity index (χ2n) is 8.65. The molecule has 0 saturated carbocycles. The van der Waals surface area contributed by atoms with E-state index in [2.05, 4.69) is 17.3 Å². The minimum Gasteiger partial charge on any atom is -0.497 e. The quantitative estimate of drug-likeness (QED) is 0.656. The first-order chi connectivity index (χ1) is 15.3. The maximum atomic E-state index is 14.6. The van der Waals surface area contributed by atoms with Gasteiger partial charge in [0.25, 0.3) is 0 Å². The Hall–Kier alpha value is -2.80. The SMILES string of the molecule is COc1ccc(CN(Cc2ccc(OC(C)C)cc2)C(=O)NC2CCN(C)CC2)c(F)c1. The van der Waals surface area contributed by atoms with E-state index in [0.29, 0.717) is 17.9 Å². The first-order valence-corrected chi connectivity index (χ1v) is 11.2. The third-order valence-corrected chi connectivity index (χ3v) is 5.62. The van der Waals surface area contributed by atoms with E-state index in [9.17, 15) is 9.18 Å². The van der Waals surface area contributed by atoms with E-state index in [0.717, 1.165) is 37.2 Å². The Morgan fingerprint density at radius 2 is 1.78 bits per heavy atom. The summed E-state index contributed by atoms with van der Waals surface area (Å²) < 4.78 is 25.4. The molecule has 32 heavy (non-hydrogen) atoms. The lowest BCUT2D eigenvalue weighted by Crippen LogP contribution is -2.48. The Kier molecular flexibility index (Phi) is 8.33. The molecule has 0 aliphatic carbocycles. The molecule has 174 valence electrons. The van der Waals surface area contributed by atoms with Gasteiger partial charge in [0.05, 0.1) is 19.8 Å². The molecule has 1 N–H and O–H groups in total. The van der Waals surface area contributed by atoms with Crippen molar-refractivity contribution in [3.63, 3.8) is 0 Å². The number of methoxy groups -OCH3 is 1. The Morgan fingerprint density at radius 3 is 2.38 bits per heavy atom. The summed E-state index contributed by atoms with van der Waals surface area (Å²) in [6, 6.07) is 12.4. The number of urea groups is 1. The number of rotatable bonds is 8. The average molecular weight is 444 g/mol. The summed E-state index contributed by atoms with van der Waals surface area (Å²) >= 11 is 0. The molecule has 2 amide bonds. The Labute approximate surface area is 190 Å². The summed E-state index contributed by atoms with van der Waals surface area (Å²) in [6.07, 6.45) is 1.92. The van der Waals surface area contributed by atoms with E-state index in [1.807, 2.05) is 38.1 Å². The van der Waals surface area contributed by atoms with E-state index < -0.39 is 0 Å². The first kappa shape index (κ1) is 23.9. The molecule has 7 heteroatoms. The lowest BCUT2D eigenvalue weighted by Gasteiger charge is -2.32. The Balaban J connectivity index is 1.74. The maximum absolute atomic E-state index is 14.6. The number of hydrogen-bond donors (Lipinski definition) is 1. The van der Waals surface area contributed by atoms with Crippen molar-refractivity contribution >= 4 is 6.03 Å². The number of amides is 2. The number of likely N-dealkylation sites (tertiary alicyclic amines) is 1. The predicted octanol–water partition coefficient (Wildman–Crippen LogP) is 4.43. The highest BCUT2D eigenvalue weighted by Gasteiger charge is 2.23. The molecule has 0 unspecified atom stereocenters. The van der Waals surface area contributed by atoms with Crippen LogP contribution in [0.2, 0.25) is 0 Å². The molecule has 0 bridgehead atoms. The zero-order chi connectivity index (χ0) is 23.1. The van der Waals surface area contributed by atoms with Crippen molar-refractivity contribution < 1.29 is 18.7 Å². The summed E-state index contributed by atoms with van der Waals surface area (Å²) in [5.74, 6) is 0.851. The van der Waals surface area contributed by atoms with E-state index in [1.165, 1.54) is 13.2 Å². The van der Waals surface area contributed by atoms with Crippen molar-refractivity contribution in [3.05, 3.63) is 59.4 Å². The molecule has 0 aromatic heterocycles. The third-order valence-electron chi connectivity index (χ3n) is 5.62. The molecule has 1 heterocycles. The molecule has 1 saturated heterocycles. The number of halogens is 1. The summed E-state index contributed by atoms with van der Waals surface area (Å²) in [4.78, 5) is 17.1. The summed E-state index contributed by atoms with van der Waals surface area (Å²) in [6.45, 7) is 6.40. The van der Waals surface area contributed by atoms with Gasteiger partial charge in [-0.3, -0.25) is 0 Å². The average Bonchev–Trinajstić information content (AvgIpc) is 2.77. The van der Waals surface area contributed by atoms with Crippen LogP contribution in [0, 0.1) is 5.82 Å². The number of nitrogens with zero attached hydrogens (tertiary/aromatic N) is 2. The second kappa shape index (κ2) is 11.2. The third kappa shape index (κ3) is 6.85. The van der Waals surface area contributed by atoms with Crippen LogP contribution in [0.25, 0.3) is 0 Å². The summed E-state index contributed by atoms with van der Waals surface area (Å²) in [7, 11) is 3.59. The topological polar surface area (TPSA) is 54.0 Å². The molecule has 2 aromatic carbocycles. The number of nitrogens with one attached hydrogen (secondary N) is 1. The summed E-state index contributed by atoms with van der Waals surface area (Å²) in [5, 5.41) is 3.15. The van der Waals surface area contributed by atoms with Crippen molar-refractivity contribution in [1.29, 1.82) is 0 Å². The highest BCUT2D eigenvalue weighted by Crippen LogP contribution is 2.21. The molecular weight excluding hydrogens is 409 g/mol. The van der Waals surface area contributed by atoms with E-state index >= 15 is 0 Å². The van der Waals surface area contributed by atoms with Crippen LogP contribution in [0.3, 0.4) is 0 Å². The van der Waals surface area contributed by atoms with Crippen LogP contribution in [0.5, 0.6) is 11.5 Å². The van der Waals surface area contributed by atoms with Gasteiger partial charge in [0.1, 0.15) is 17.3 Å². The summed E-state index contributed by atoms with van der Waals surface area (Å²) in [5.41, 5.74) is 1.40. The molecule has 0 spiro atoms. The molecular formula is C25H34FN3O3. The van der Waals surface area contributed by atoms with Gasteiger partial charge in [0.2, 0.25) is 0 Å². The number of hydrogen-bond acceptors (Lipinski definition) is 4. The van der Waals surface area contributed by atoms with Crippen LogP contribution in [-0.4, -0.2) is 55.2 Å². The van der Waals surface area contributed by atoms with Gasteiger partial charge in [-0.05, 0) is 70.6 Å². The predicted molar refractivity (Wildman–Crippen MR) is 123 cm³/mol. The number of ether oxygens (including phenoxy) is 2. The lowest BCUT2D eigenvalue weighted by molar-refractivity contribution is 0.175. The van der Waals surface area contributed by atoms with E-state index in [-0.39, 0.29) is 30.5 Å². The molecule has 0 atom stereocenters. The zero-order valence-electron chi connectivity index (χ0n) is 19.4. The molecule has 6 nitrogen and oxygen atoms in total. The van der Waals surface area contributed by atoms with Crippen molar-refractivity contribution in [1.82, 2.24) is 15.1 Å². The standard InChI is InChI=1S/C25H34FN3O3/c1-18(2)32-22-8-5-19(6-9-22)16-29(17-20-7-10-23(31-4)15-24(20)26)25(30)27-21-11-13-28(3)14-12-21/h5-10,15,18,21H,11-14,16-17H2,1-4H3,(H,27,30). The van der Waals surface area contributed by atoms with Crippen LogP contribution < -0.4 is 14.8 Å². The van der Waals surface area contributed by atoms with E-state index in [4.69, 9.17) is 9.47 Å². The number of carbonyl (C=O) groups excluding carboxylic acids is 1. The molecule has 3 rings (SSSR count). The van der Waals surface area contributed by atoms with Crippen LogP contribution >= 0.6 is 0 Å². The molecule has 2 aromatic rings. The van der Waals surface area contributed by atoms with Gasteiger partial charge in [0.15, 0.2) is 0 Å². The number of carbonyl (C=O) groups is 1. The highest BCUT2D eigenvalue weighted by molar-refractivity contribution is 5.74. The van der Waals surface area contributed by atoms with Gasteiger partial charge >= 0.3 is 6.03 Å². The smallest absolute Gasteiger partial charge is 0.318 e. The van der Waals surface area contributed by atoms with Gasteiger partial charge in [-0.1, -0.05) is 18.2 Å². The molecule has 0 radical (unpaired) electrons. The van der Waals surface area contributed by atoms with Crippen molar-refractivity contribution in [3.8, 4) is 11.5 Å². The largest absolute Gasteiger partial charge is 0.497 e. The number of piperidine rings is 1. The van der Waals surface area contributed by atoms with Gasteiger partial charge in [-0.25, -0.2) is 9.18 Å². The molecule has 1 fully saturated rings. The van der Waals surface area contributed by atoms with Crippen LogP contribution in [0.1, 0.15) is 37.8 Å². The Morgan fingerprint density at radius 1 is 1.12 bits per heavy atom. The normalized spacial score (nSPS) is 14.9. The number of benzene rings is 2. The maximum Gasteiger partial charge on any atom is 0.318 e. The van der Waals surface area contributed by atoms with Gasteiger partial charge in [-0.2, -0.15) is 0 Å². The fraction of sp³-hybridized carbons (Fsp3) is 0.480. The second-order valence-corrected chi connectivity index (χ2v) is 8.65. The Bertz CT molecular complexity index is 881. The van der Waals surface area contributed by atoms with Crippen LogP contribution in [-0.2, 0) is 13.1 Å². The van der Waals surface area contributed by atoms with Crippen molar-refractivity contribution in [2.75, 3.05) is 27.2 Å². The van der Waals surface area contributed by atoms with Crippen molar-refractivity contribution in [2.45, 2.75) is 51.9 Å². The minimum atomic E-state index is -0.387. The first-order valence-electron chi connectivity index (χ1n) is 11.2. The van der Waals surface area contributed by atoms with E-state index in [1.54, 1.807) is 17.0 Å². The van der Waals surface area contributed by atoms with Gasteiger partial charge in [-0.15, -0.1) is 0 Å². The lowest BCUT2D eigenvalue weighted by atomic mass is 10.1. The molecule has 1 aliphatic rings.